The Hall–Kier alpha value is -0.870. The molecule has 1 aromatic carbocycles. The van der Waals surface area contributed by atoms with Gasteiger partial charge in [-0.1, -0.05) is 47.0 Å². The number of amides is 1. The van der Waals surface area contributed by atoms with E-state index in [2.05, 4.69) is 21.2 Å². The summed E-state index contributed by atoms with van der Waals surface area (Å²) in [5.74, 6) is 0.0294. The van der Waals surface area contributed by atoms with E-state index in [1.807, 2.05) is 24.3 Å². The minimum absolute atomic E-state index is 0.0294. The molecule has 1 aliphatic carbocycles. The fourth-order valence-corrected chi connectivity index (χ4v) is 2.99. The topological polar surface area (TPSA) is 49.3 Å². The summed E-state index contributed by atoms with van der Waals surface area (Å²) in [5, 5.41) is 12.8. The molecule has 0 aliphatic heterocycles. The first-order valence-electron chi connectivity index (χ1n) is 6.87. The Morgan fingerprint density at radius 3 is 2.79 bits per heavy atom. The van der Waals surface area contributed by atoms with Crippen molar-refractivity contribution in [3.8, 4) is 0 Å². The van der Waals surface area contributed by atoms with Crippen molar-refractivity contribution in [2.24, 2.45) is 0 Å². The maximum absolute atomic E-state index is 11.9. The van der Waals surface area contributed by atoms with Gasteiger partial charge in [-0.15, -0.1) is 0 Å². The number of nitrogens with one attached hydrogen (secondary N) is 1. The van der Waals surface area contributed by atoms with Crippen molar-refractivity contribution in [1.82, 2.24) is 5.32 Å². The van der Waals surface area contributed by atoms with Gasteiger partial charge in [0.15, 0.2) is 0 Å². The lowest BCUT2D eigenvalue weighted by atomic mass is 9.92. The van der Waals surface area contributed by atoms with Crippen molar-refractivity contribution < 1.29 is 9.90 Å². The van der Waals surface area contributed by atoms with E-state index in [1.165, 1.54) is 0 Å². The molecule has 0 aromatic heterocycles. The van der Waals surface area contributed by atoms with E-state index in [0.717, 1.165) is 42.1 Å². The number of rotatable bonds is 4. The number of aliphatic hydroxyl groups excluding tert-OH is 1. The molecular formula is C15H20BrNO2. The monoisotopic (exact) mass is 325 g/mol. The van der Waals surface area contributed by atoms with E-state index in [0.29, 0.717) is 6.42 Å². The molecule has 1 amide bonds. The van der Waals surface area contributed by atoms with Crippen LogP contribution in [0.5, 0.6) is 0 Å². The number of carbonyl (C=O) groups is 1. The molecule has 1 saturated carbocycles. The fourth-order valence-electron chi connectivity index (χ4n) is 2.51. The van der Waals surface area contributed by atoms with Crippen LogP contribution in [0, 0.1) is 0 Å². The van der Waals surface area contributed by atoms with Gasteiger partial charge in [0, 0.05) is 10.9 Å². The summed E-state index contributed by atoms with van der Waals surface area (Å²) < 4.78 is 1.04. The second kappa shape index (κ2) is 7.06. The van der Waals surface area contributed by atoms with Crippen molar-refractivity contribution in [3.05, 3.63) is 34.3 Å². The number of halogens is 1. The van der Waals surface area contributed by atoms with Crippen molar-refractivity contribution in [2.75, 3.05) is 0 Å². The van der Waals surface area contributed by atoms with Gasteiger partial charge in [0.25, 0.3) is 0 Å². The number of hydrogen-bond acceptors (Lipinski definition) is 2. The molecule has 0 spiro atoms. The highest BCUT2D eigenvalue weighted by Crippen LogP contribution is 2.19. The molecule has 0 radical (unpaired) electrons. The Morgan fingerprint density at radius 1 is 1.32 bits per heavy atom. The van der Waals surface area contributed by atoms with Crippen LogP contribution in [-0.2, 0) is 11.2 Å². The van der Waals surface area contributed by atoms with E-state index >= 15 is 0 Å². The van der Waals surface area contributed by atoms with Gasteiger partial charge >= 0.3 is 0 Å². The third-order valence-electron chi connectivity index (χ3n) is 3.66. The molecule has 1 aromatic rings. The number of benzene rings is 1. The third kappa shape index (κ3) is 4.32. The zero-order valence-electron chi connectivity index (χ0n) is 10.9. The van der Waals surface area contributed by atoms with Crippen LogP contribution < -0.4 is 5.32 Å². The Morgan fingerprint density at radius 2 is 2.05 bits per heavy atom. The van der Waals surface area contributed by atoms with Crippen LogP contribution in [0.1, 0.15) is 37.7 Å². The Bertz CT molecular complexity index is 436. The Balaban J connectivity index is 1.80. The summed E-state index contributed by atoms with van der Waals surface area (Å²) in [4.78, 5) is 11.9. The fraction of sp³-hybridized carbons (Fsp3) is 0.533. The molecule has 19 heavy (non-hydrogen) atoms. The molecule has 0 bridgehead atoms. The van der Waals surface area contributed by atoms with Crippen LogP contribution in [0.2, 0.25) is 0 Å². The molecule has 2 unspecified atom stereocenters. The predicted molar refractivity (Wildman–Crippen MR) is 78.9 cm³/mol. The first-order valence-corrected chi connectivity index (χ1v) is 7.67. The van der Waals surface area contributed by atoms with Gasteiger partial charge in [-0.2, -0.15) is 0 Å². The SMILES string of the molecule is O=C(CCc1ccccc1Br)NC1CCCCC1O. The molecule has 3 nitrogen and oxygen atoms in total. The zero-order chi connectivity index (χ0) is 13.7. The van der Waals surface area contributed by atoms with Gasteiger partial charge in [0.1, 0.15) is 0 Å². The van der Waals surface area contributed by atoms with E-state index in [-0.39, 0.29) is 18.1 Å². The van der Waals surface area contributed by atoms with Crippen LogP contribution >= 0.6 is 15.9 Å². The highest BCUT2D eigenvalue weighted by molar-refractivity contribution is 9.10. The Labute approximate surface area is 122 Å². The summed E-state index contributed by atoms with van der Waals surface area (Å²) in [5.41, 5.74) is 1.14. The maximum atomic E-state index is 11.9. The molecular weight excluding hydrogens is 306 g/mol. The van der Waals surface area contributed by atoms with Crippen LogP contribution in [0.3, 0.4) is 0 Å². The predicted octanol–water partition coefficient (Wildman–Crippen LogP) is 2.80. The summed E-state index contributed by atoms with van der Waals surface area (Å²) >= 11 is 3.48. The number of aryl methyl sites for hydroxylation is 1. The maximum Gasteiger partial charge on any atom is 0.220 e. The van der Waals surface area contributed by atoms with E-state index < -0.39 is 0 Å². The van der Waals surface area contributed by atoms with Crippen LogP contribution in [-0.4, -0.2) is 23.2 Å². The van der Waals surface area contributed by atoms with Gasteiger partial charge in [-0.3, -0.25) is 4.79 Å². The van der Waals surface area contributed by atoms with Gasteiger partial charge in [-0.25, -0.2) is 0 Å². The number of aliphatic hydroxyl groups is 1. The zero-order valence-corrected chi connectivity index (χ0v) is 12.5. The first-order chi connectivity index (χ1) is 9.16. The van der Waals surface area contributed by atoms with Gasteiger partial charge in [0.2, 0.25) is 5.91 Å². The smallest absolute Gasteiger partial charge is 0.220 e. The molecule has 4 heteroatoms. The highest BCUT2D eigenvalue weighted by Gasteiger charge is 2.24. The molecule has 2 rings (SSSR count). The molecule has 104 valence electrons. The van der Waals surface area contributed by atoms with E-state index in [9.17, 15) is 9.90 Å². The summed E-state index contributed by atoms with van der Waals surface area (Å²) in [6.07, 6.45) is 4.65. The van der Waals surface area contributed by atoms with E-state index in [1.54, 1.807) is 0 Å². The summed E-state index contributed by atoms with van der Waals surface area (Å²) in [6, 6.07) is 7.89. The van der Waals surface area contributed by atoms with Crippen molar-refractivity contribution in [3.63, 3.8) is 0 Å². The van der Waals surface area contributed by atoms with Crippen molar-refractivity contribution >= 4 is 21.8 Å². The van der Waals surface area contributed by atoms with Crippen molar-refractivity contribution in [1.29, 1.82) is 0 Å². The highest BCUT2D eigenvalue weighted by atomic mass is 79.9. The first kappa shape index (κ1) is 14.5. The molecule has 1 fully saturated rings. The second-order valence-corrected chi connectivity index (χ2v) is 5.97. The average Bonchev–Trinajstić information content (AvgIpc) is 2.40. The van der Waals surface area contributed by atoms with Crippen LogP contribution in [0.25, 0.3) is 0 Å². The number of hydrogen-bond donors (Lipinski definition) is 2. The van der Waals surface area contributed by atoms with Crippen LogP contribution in [0.4, 0.5) is 0 Å². The molecule has 0 saturated heterocycles. The average molecular weight is 326 g/mol. The molecule has 0 heterocycles. The third-order valence-corrected chi connectivity index (χ3v) is 4.43. The minimum Gasteiger partial charge on any atom is -0.391 e. The molecule has 2 N–H and O–H groups in total. The lowest BCUT2D eigenvalue weighted by molar-refractivity contribution is -0.123. The lowest BCUT2D eigenvalue weighted by Crippen LogP contribution is -2.45. The summed E-state index contributed by atoms with van der Waals surface area (Å²) in [6.45, 7) is 0. The minimum atomic E-state index is -0.374. The molecule has 1 aliphatic rings. The normalized spacial score (nSPS) is 23.1. The van der Waals surface area contributed by atoms with Crippen molar-refractivity contribution in [2.45, 2.75) is 50.7 Å². The van der Waals surface area contributed by atoms with Gasteiger partial charge < -0.3 is 10.4 Å². The quantitative estimate of drug-likeness (QED) is 0.894. The van der Waals surface area contributed by atoms with Crippen LogP contribution in [0.15, 0.2) is 28.7 Å². The van der Waals surface area contributed by atoms with Gasteiger partial charge in [-0.05, 0) is 30.9 Å². The van der Waals surface area contributed by atoms with Gasteiger partial charge in [0.05, 0.1) is 12.1 Å². The number of carbonyl (C=O) groups excluding carboxylic acids is 1. The lowest BCUT2D eigenvalue weighted by Gasteiger charge is -2.28. The standard InChI is InChI=1S/C15H20BrNO2/c16-12-6-2-1-5-11(12)9-10-15(19)17-13-7-3-4-8-14(13)18/h1-2,5-6,13-14,18H,3-4,7-10H2,(H,17,19). The largest absolute Gasteiger partial charge is 0.391 e. The second-order valence-electron chi connectivity index (χ2n) is 5.12. The van der Waals surface area contributed by atoms with E-state index in [4.69, 9.17) is 0 Å². The molecule has 2 atom stereocenters. The summed E-state index contributed by atoms with van der Waals surface area (Å²) in [7, 11) is 0. The Kier molecular flexibility index (Phi) is 5.40.